The summed E-state index contributed by atoms with van der Waals surface area (Å²) in [6.45, 7) is 6.17. The number of nitrogens with zero attached hydrogens (tertiary/aromatic N) is 1. The fourth-order valence-electron chi connectivity index (χ4n) is 2.68. The van der Waals surface area contributed by atoms with Crippen molar-refractivity contribution in [2.24, 2.45) is 5.41 Å². The minimum Gasteiger partial charge on any atom is -0.481 e. The summed E-state index contributed by atoms with van der Waals surface area (Å²) >= 11 is 0. The zero-order valence-electron chi connectivity index (χ0n) is 11.7. The molecule has 0 saturated carbocycles. The number of carboxylic acids is 1. The van der Waals surface area contributed by atoms with Crippen molar-refractivity contribution < 1.29 is 15.0 Å². The van der Waals surface area contributed by atoms with Gasteiger partial charge >= 0.3 is 5.97 Å². The van der Waals surface area contributed by atoms with Crippen molar-refractivity contribution in [3.05, 3.63) is 0 Å². The summed E-state index contributed by atoms with van der Waals surface area (Å²) in [5, 5.41) is 18.3. The van der Waals surface area contributed by atoms with E-state index in [1.54, 1.807) is 0 Å². The van der Waals surface area contributed by atoms with Gasteiger partial charge in [-0.2, -0.15) is 0 Å². The van der Waals surface area contributed by atoms with Crippen LogP contribution in [-0.2, 0) is 4.79 Å². The van der Waals surface area contributed by atoms with Gasteiger partial charge in [-0.15, -0.1) is 0 Å². The third kappa shape index (κ3) is 5.36. The molecule has 1 aliphatic rings. The average Bonchev–Trinajstić information content (AvgIpc) is 2.49. The summed E-state index contributed by atoms with van der Waals surface area (Å²) in [5.74, 6) is -0.727. The number of rotatable bonds is 6. The zero-order valence-corrected chi connectivity index (χ0v) is 11.7. The van der Waals surface area contributed by atoms with Gasteiger partial charge in [0.2, 0.25) is 0 Å². The molecule has 1 heterocycles. The number of carbonyl (C=O) groups is 1. The lowest BCUT2D eigenvalue weighted by molar-refractivity contribution is -0.139. The molecule has 18 heavy (non-hydrogen) atoms. The Bertz CT molecular complexity index is 266. The molecule has 1 atom stereocenters. The highest BCUT2D eigenvalue weighted by molar-refractivity contribution is 5.67. The van der Waals surface area contributed by atoms with Crippen LogP contribution >= 0.6 is 0 Å². The Hall–Kier alpha value is -0.610. The molecular weight excluding hydrogens is 230 g/mol. The van der Waals surface area contributed by atoms with E-state index in [1.807, 2.05) is 13.8 Å². The number of aliphatic hydroxyl groups is 1. The number of aliphatic hydroxyl groups excluding tert-OH is 1. The number of carboxylic acid groups (broad SMARTS) is 1. The van der Waals surface area contributed by atoms with E-state index in [4.69, 9.17) is 5.11 Å². The topological polar surface area (TPSA) is 60.8 Å². The maximum Gasteiger partial charge on any atom is 0.303 e. The van der Waals surface area contributed by atoms with E-state index in [0.717, 1.165) is 25.9 Å². The van der Waals surface area contributed by atoms with Gasteiger partial charge < -0.3 is 10.2 Å². The van der Waals surface area contributed by atoms with Crippen molar-refractivity contribution in [1.82, 2.24) is 4.90 Å². The Morgan fingerprint density at radius 3 is 2.67 bits per heavy atom. The van der Waals surface area contributed by atoms with Crippen LogP contribution in [0, 0.1) is 5.41 Å². The number of hydrogen-bond donors (Lipinski definition) is 2. The first-order valence-corrected chi connectivity index (χ1v) is 7.01. The Morgan fingerprint density at radius 1 is 1.33 bits per heavy atom. The molecule has 106 valence electrons. The van der Waals surface area contributed by atoms with E-state index in [1.165, 1.54) is 19.3 Å². The van der Waals surface area contributed by atoms with Crippen LogP contribution in [0.15, 0.2) is 0 Å². The first kappa shape index (κ1) is 15.4. The second-order valence-corrected chi connectivity index (χ2v) is 6.21. The second-order valence-electron chi connectivity index (χ2n) is 6.21. The normalized spacial score (nSPS) is 22.7. The molecular formula is C14H27NO3. The SMILES string of the molecule is CC(C)(CCN1CCCCCC1CO)CC(=O)O. The summed E-state index contributed by atoms with van der Waals surface area (Å²) in [7, 11) is 0. The lowest BCUT2D eigenvalue weighted by Crippen LogP contribution is -2.39. The van der Waals surface area contributed by atoms with E-state index >= 15 is 0 Å². The third-order valence-corrected chi connectivity index (χ3v) is 3.92. The lowest BCUT2D eigenvalue weighted by atomic mass is 9.85. The Kier molecular flexibility index (Phi) is 6.09. The molecule has 0 aromatic heterocycles. The highest BCUT2D eigenvalue weighted by Gasteiger charge is 2.25. The number of aliphatic carboxylic acids is 1. The molecule has 0 spiro atoms. The van der Waals surface area contributed by atoms with Crippen LogP contribution in [0.1, 0.15) is 52.4 Å². The molecule has 1 rings (SSSR count). The molecule has 0 amide bonds. The molecule has 1 aliphatic heterocycles. The molecule has 1 unspecified atom stereocenters. The first-order valence-electron chi connectivity index (χ1n) is 7.01. The minimum absolute atomic E-state index is 0.169. The predicted molar refractivity (Wildman–Crippen MR) is 71.6 cm³/mol. The van der Waals surface area contributed by atoms with Crippen molar-refractivity contribution >= 4 is 5.97 Å². The van der Waals surface area contributed by atoms with Crippen molar-refractivity contribution in [3.63, 3.8) is 0 Å². The van der Waals surface area contributed by atoms with Crippen LogP contribution in [0.4, 0.5) is 0 Å². The van der Waals surface area contributed by atoms with Crippen LogP contribution in [-0.4, -0.2) is 46.8 Å². The molecule has 0 aromatic rings. The molecule has 0 aromatic carbocycles. The quantitative estimate of drug-likeness (QED) is 0.765. The summed E-state index contributed by atoms with van der Waals surface area (Å²) in [6, 6.07) is 0.271. The monoisotopic (exact) mass is 257 g/mol. The van der Waals surface area contributed by atoms with Crippen LogP contribution in [0.25, 0.3) is 0 Å². The van der Waals surface area contributed by atoms with Gasteiger partial charge in [0.05, 0.1) is 13.0 Å². The Morgan fingerprint density at radius 2 is 2.06 bits per heavy atom. The van der Waals surface area contributed by atoms with E-state index in [0.29, 0.717) is 0 Å². The van der Waals surface area contributed by atoms with Crippen molar-refractivity contribution in [1.29, 1.82) is 0 Å². The molecule has 4 nitrogen and oxygen atoms in total. The fourth-order valence-corrected chi connectivity index (χ4v) is 2.68. The number of likely N-dealkylation sites (tertiary alicyclic amines) is 1. The summed E-state index contributed by atoms with van der Waals surface area (Å²) in [6.07, 6.45) is 5.78. The number of hydrogen-bond acceptors (Lipinski definition) is 3. The van der Waals surface area contributed by atoms with Gasteiger partial charge in [0.15, 0.2) is 0 Å². The Labute approximate surface area is 110 Å². The van der Waals surface area contributed by atoms with Gasteiger partial charge in [-0.3, -0.25) is 9.69 Å². The molecule has 0 aliphatic carbocycles. The van der Waals surface area contributed by atoms with Crippen LogP contribution in [0.2, 0.25) is 0 Å². The van der Waals surface area contributed by atoms with Gasteiger partial charge in [-0.05, 0) is 37.8 Å². The third-order valence-electron chi connectivity index (χ3n) is 3.92. The largest absolute Gasteiger partial charge is 0.481 e. The van der Waals surface area contributed by atoms with Crippen LogP contribution in [0.3, 0.4) is 0 Å². The van der Waals surface area contributed by atoms with Gasteiger partial charge in [0.1, 0.15) is 0 Å². The molecule has 4 heteroatoms. The zero-order chi connectivity index (χ0) is 13.6. The van der Waals surface area contributed by atoms with Crippen LogP contribution in [0.5, 0.6) is 0 Å². The van der Waals surface area contributed by atoms with E-state index < -0.39 is 5.97 Å². The maximum atomic E-state index is 10.8. The molecule has 0 bridgehead atoms. The summed E-state index contributed by atoms with van der Waals surface area (Å²) < 4.78 is 0. The van der Waals surface area contributed by atoms with Gasteiger partial charge in [-0.1, -0.05) is 26.7 Å². The highest BCUT2D eigenvalue weighted by Crippen LogP contribution is 2.27. The van der Waals surface area contributed by atoms with Gasteiger partial charge in [0, 0.05) is 6.04 Å². The maximum absolute atomic E-state index is 10.8. The molecule has 2 N–H and O–H groups in total. The second kappa shape index (κ2) is 7.10. The van der Waals surface area contributed by atoms with Gasteiger partial charge in [0.25, 0.3) is 0 Å². The van der Waals surface area contributed by atoms with Crippen molar-refractivity contribution in [2.75, 3.05) is 19.7 Å². The summed E-state index contributed by atoms with van der Waals surface area (Å²) in [5.41, 5.74) is -0.169. The predicted octanol–water partition coefficient (Wildman–Crippen LogP) is 2.11. The molecule has 0 radical (unpaired) electrons. The molecule has 1 fully saturated rings. The van der Waals surface area contributed by atoms with Crippen molar-refractivity contribution in [2.45, 2.75) is 58.4 Å². The van der Waals surface area contributed by atoms with Crippen LogP contribution < -0.4 is 0 Å². The summed E-state index contributed by atoms with van der Waals surface area (Å²) in [4.78, 5) is 13.1. The van der Waals surface area contributed by atoms with E-state index in [-0.39, 0.29) is 24.5 Å². The fraction of sp³-hybridized carbons (Fsp3) is 0.929. The minimum atomic E-state index is -0.727. The average molecular weight is 257 g/mol. The smallest absolute Gasteiger partial charge is 0.303 e. The van der Waals surface area contributed by atoms with Gasteiger partial charge in [-0.25, -0.2) is 0 Å². The highest BCUT2D eigenvalue weighted by atomic mass is 16.4. The standard InChI is InChI=1S/C14H27NO3/c1-14(2,10-13(17)18)7-9-15-8-5-3-4-6-12(15)11-16/h12,16H,3-11H2,1-2H3,(H,17,18). The first-order chi connectivity index (χ1) is 8.44. The van der Waals surface area contributed by atoms with E-state index in [9.17, 15) is 9.90 Å². The lowest BCUT2D eigenvalue weighted by Gasteiger charge is -2.32. The van der Waals surface area contributed by atoms with E-state index in [2.05, 4.69) is 4.90 Å². The molecule has 1 saturated heterocycles. The van der Waals surface area contributed by atoms with Crippen molar-refractivity contribution in [3.8, 4) is 0 Å². The Balaban J connectivity index is 2.46.